The molecule has 0 spiro atoms. The van der Waals surface area contributed by atoms with Crippen molar-refractivity contribution in [2.24, 2.45) is 0 Å². The number of anilines is 1. The minimum absolute atomic E-state index is 0.0349. The quantitative estimate of drug-likeness (QED) is 0.673. The molecule has 98 valence electrons. The molecule has 2 rings (SSSR count). The highest BCUT2D eigenvalue weighted by atomic mass is 35.5. The van der Waals surface area contributed by atoms with Crippen LogP contribution in [0.2, 0.25) is 5.02 Å². The lowest BCUT2D eigenvalue weighted by atomic mass is 10.1. The fourth-order valence-corrected chi connectivity index (χ4v) is 2.08. The number of halogens is 1. The third kappa shape index (κ3) is 3.23. The summed E-state index contributed by atoms with van der Waals surface area (Å²) in [5, 5.41) is 14.5. The smallest absolute Gasteiger partial charge is 0.275 e. The van der Waals surface area contributed by atoms with Gasteiger partial charge in [-0.05, 0) is 30.7 Å². The van der Waals surface area contributed by atoms with E-state index in [1.165, 1.54) is 6.07 Å². The molecule has 0 heterocycles. The molecule has 0 unspecified atom stereocenters. The van der Waals surface area contributed by atoms with E-state index in [9.17, 15) is 10.1 Å². The Bertz CT molecular complexity index is 614. The van der Waals surface area contributed by atoms with Crippen LogP contribution >= 0.6 is 11.6 Å². The zero-order valence-electron chi connectivity index (χ0n) is 10.4. The summed E-state index contributed by atoms with van der Waals surface area (Å²) < 4.78 is 0. The largest absolute Gasteiger partial charge is 0.381 e. The molecule has 0 amide bonds. The molecule has 2 aromatic carbocycles. The minimum Gasteiger partial charge on any atom is -0.381 e. The molecule has 0 saturated carbocycles. The average molecular weight is 277 g/mol. The van der Waals surface area contributed by atoms with Crippen LogP contribution in [0.15, 0.2) is 42.5 Å². The Kier molecular flexibility index (Phi) is 4.02. The molecule has 0 atom stereocenters. The van der Waals surface area contributed by atoms with Crippen molar-refractivity contribution in [1.82, 2.24) is 0 Å². The van der Waals surface area contributed by atoms with Gasteiger partial charge in [-0.15, -0.1) is 0 Å². The van der Waals surface area contributed by atoms with Crippen LogP contribution in [0, 0.1) is 17.0 Å². The minimum atomic E-state index is -0.418. The number of nitro benzene ring substituents is 1. The number of hydrogen-bond donors (Lipinski definition) is 1. The maximum atomic E-state index is 11.0. The Balaban J connectivity index is 2.22. The van der Waals surface area contributed by atoms with Crippen LogP contribution in [0.3, 0.4) is 0 Å². The van der Waals surface area contributed by atoms with E-state index in [1.807, 2.05) is 31.2 Å². The van der Waals surface area contributed by atoms with Crippen LogP contribution in [0.25, 0.3) is 0 Å². The number of nitrogens with zero attached hydrogens (tertiary/aromatic N) is 1. The van der Waals surface area contributed by atoms with Gasteiger partial charge in [-0.2, -0.15) is 0 Å². The highest BCUT2D eigenvalue weighted by Gasteiger charge is 2.15. The van der Waals surface area contributed by atoms with E-state index in [0.717, 1.165) is 11.3 Å². The van der Waals surface area contributed by atoms with Crippen molar-refractivity contribution in [2.75, 3.05) is 5.32 Å². The molecular formula is C14H13ClN2O2. The Labute approximate surface area is 116 Å². The van der Waals surface area contributed by atoms with Gasteiger partial charge in [0.05, 0.1) is 15.5 Å². The van der Waals surface area contributed by atoms with E-state index in [2.05, 4.69) is 5.32 Å². The number of aryl methyl sites for hydroxylation is 1. The molecule has 1 N–H and O–H groups in total. The van der Waals surface area contributed by atoms with Gasteiger partial charge in [0.2, 0.25) is 0 Å². The molecule has 0 fully saturated rings. The summed E-state index contributed by atoms with van der Waals surface area (Å²) in [5.74, 6) is 0. The molecule has 4 nitrogen and oxygen atoms in total. The predicted molar refractivity (Wildman–Crippen MR) is 76.6 cm³/mol. The summed E-state index contributed by atoms with van der Waals surface area (Å²) in [6.07, 6.45) is 0. The number of hydrogen-bond acceptors (Lipinski definition) is 3. The van der Waals surface area contributed by atoms with E-state index < -0.39 is 4.92 Å². The van der Waals surface area contributed by atoms with Crippen LogP contribution in [-0.4, -0.2) is 4.92 Å². The maximum Gasteiger partial charge on any atom is 0.275 e. The van der Waals surface area contributed by atoms with Gasteiger partial charge >= 0.3 is 0 Å². The van der Waals surface area contributed by atoms with Gasteiger partial charge in [0.25, 0.3) is 5.69 Å². The summed E-state index contributed by atoms with van der Waals surface area (Å²) in [6, 6.07) is 12.5. The molecule has 0 aliphatic rings. The van der Waals surface area contributed by atoms with Crippen molar-refractivity contribution in [3.63, 3.8) is 0 Å². The lowest BCUT2D eigenvalue weighted by molar-refractivity contribution is -0.385. The second-order valence-electron chi connectivity index (χ2n) is 4.22. The summed E-state index contributed by atoms with van der Waals surface area (Å²) in [4.78, 5) is 10.5. The van der Waals surface area contributed by atoms with Gasteiger partial charge < -0.3 is 5.32 Å². The number of rotatable bonds is 4. The van der Waals surface area contributed by atoms with Gasteiger partial charge in [-0.3, -0.25) is 10.1 Å². The lowest BCUT2D eigenvalue weighted by Gasteiger charge is -2.09. The van der Waals surface area contributed by atoms with Crippen molar-refractivity contribution in [1.29, 1.82) is 0 Å². The maximum absolute atomic E-state index is 11.0. The van der Waals surface area contributed by atoms with Crippen LogP contribution in [-0.2, 0) is 6.54 Å². The standard InChI is InChI=1S/C14H13ClN2O2/c1-10-4-2-5-11(8-10)16-9-12-13(15)6-3-7-14(12)17(18)19/h2-8,16H,9H2,1H3. The van der Waals surface area contributed by atoms with Crippen LogP contribution in [0.5, 0.6) is 0 Å². The van der Waals surface area contributed by atoms with Gasteiger partial charge in [0.15, 0.2) is 0 Å². The highest BCUT2D eigenvalue weighted by Crippen LogP contribution is 2.27. The molecule has 0 aliphatic heterocycles. The molecule has 0 radical (unpaired) electrons. The Hall–Kier alpha value is -2.07. The van der Waals surface area contributed by atoms with Gasteiger partial charge in [0.1, 0.15) is 0 Å². The fraction of sp³-hybridized carbons (Fsp3) is 0.143. The number of benzene rings is 2. The van der Waals surface area contributed by atoms with Crippen molar-refractivity contribution in [2.45, 2.75) is 13.5 Å². The molecule has 0 saturated heterocycles. The number of nitrogens with one attached hydrogen (secondary N) is 1. The molecular weight excluding hydrogens is 264 g/mol. The van der Waals surface area contributed by atoms with E-state index in [4.69, 9.17) is 11.6 Å². The van der Waals surface area contributed by atoms with Crippen molar-refractivity contribution in [3.05, 3.63) is 68.7 Å². The van der Waals surface area contributed by atoms with E-state index in [-0.39, 0.29) is 5.69 Å². The molecule has 19 heavy (non-hydrogen) atoms. The van der Waals surface area contributed by atoms with Gasteiger partial charge in [-0.1, -0.05) is 29.8 Å². The van der Waals surface area contributed by atoms with Crippen LogP contribution in [0.1, 0.15) is 11.1 Å². The number of nitro groups is 1. The summed E-state index contributed by atoms with van der Waals surface area (Å²) in [5.41, 5.74) is 2.57. The van der Waals surface area contributed by atoms with E-state index in [1.54, 1.807) is 12.1 Å². The summed E-state index contributed by atoms with van der Waals surface area (Å²) in [7, 11) is 0. The fourth-order valence-electron chi connectivity index (χ4n) is 1.84. The first-order chi connectivity index (χ1) is 9.08. The third-order valence-corrected chi connectivity index (χ3v) is 3.13. The van der Waals surface area contributed by atoms with Crippen molar-refractivity contribution >= 4 is 23.0 Å². The zero-order chi connectivity index (χ0) is 13.8. The zero-order valence-corrected chi connectivity index (χ0v) is 11.1. The van der Waals surface area contributed by atoms with Gasteiger partial charge in [-0.25, -0.2) is 0 Å². The second-order valence-corrected chi connectivity index (χ2v) is 4.62. The average Bonchev–Trinajstić information content (AvgIpc) is 2.37. The second kappa shape index (κ2) is 5.71. The first-order valence-electron chi connectivity index (χ1n) is 5.80. The van der Waals surface area contributed by atoms with E-state index in [0.29, 0.717) is 17.1 Å². The molecule has 2 aromatic rings. The van der Waals surface area contributed by atoms with E-state index >= 15 is 0 Å². The van der Waals surface area contributed by atoms with Crippen LogP contribution < -0.4 is 5.32 Å². The monoisotopic (exact) mass is 276 g/mol. The van der Waals surface area contributed by atoms with Crippen molar-refractivity contribution < 1.29 is 4.92 Å². The first-order valence-corrected chi connectivity index (χ1v) is 6.18. The molecule has 0 aliphatic carbocycles. The summed E-state index contributed by atoms with van der Waals surface area (Å²) >= 11 is 6.03. The Morgan fingerprint density at radius 1 is 1.26 bits per heavy atom. The normalized spacial score (nSPS) is 10.2. The Morgan fingerprint density at radius 2 is 2.00 bits per heavy atom. The summed E-state index contributed by atoms with van der Waals surface area (Å²) in [6.45, 7) is 2.31. The van der Waals surface area contributed by atoms with Crippen LogP contribution in [0.4, 0.5) is 11.4 Å². The SMILES string of the molecule is Cc1cccc(NCc2c(Cl)cccc2[N+](=O)[O-])c1. The first kappa shape index (κ1) is 13.4. The highest BCUT2D eigenvalue weighted by molar-refractivity contribution is 6.31. The van der Waals surface area contributed by atoms with Crippen molar-refractivity contribution in [3.8, 4) is 0 Å². The topological polar surface area (TPSA) is 55.2 Å². The predicted octanol–water partition coefficient (Wildman–Crippen LogP) is 4.17. The Morgan fingerprint density at radius 3 is 2.68 bits per heavy atom. The molecule has 0 aromatic heterocycles. The molecule has 0 bridgehead atoms. The lowest BCUT2D eigenvalue weighted by Crippen LogP contribution is -2.04. The molecule has 5 heteroatoms. The third-order valence-electron chi connectivity index (χ3n) is 2.78. The van der Waals surface area contributed by atoms with Gasteiger partial charge in [0, 0.05) is 18.3 Å².